The third-order valence-corrected chi connectivity index (χ3v) is 4.12. The number of nitriles is 1. The first-order valence-electron chi connectivity index (χ1n) is 6.81. The van der Waals surface area contributed by atoms with E-state index in [0.717, 1.165) is 4.90 Å². The van der Waals surface area contributed by atoms with Crippen molar-refractivity contribution in [2.75, 3.05) is 12.4 Å². The second-order valence-electron chi connectivity index (χ2n) is 5.21. The van der Waals surface area contributed by atoms with E-state index >= 15 is 0 Å². The van der Waals surface area contributed by atoms with Gasteiger partial charge in [-0.3, -0.25) is 15.0 Å². The number of halogens is 1. The summed E-state index contributed by atoms with van der Waals surface area (Å²) in [5, 5.41) is 16.0. The van der Waals surface area contributed by atoms with Crippen LogP contribution in [-0.2, 0) is 16.9 Å². The van der Waals surface area contributed by atoms with E-state index in [-0.39, 0.29) is 28.8 Å². The van der Waals surface area contributed by atoms with Gasteiger partial charge in [-0.05, 0) is 12.5 Å². The van der Waals surface area contributed by atoms with Crippen molar-refractivity contribution >= 4 is 23.7 Å². The topological polar surface area (TPSA) is 114 Å². The molecule has 2 heterocycles. The summed E-state index contributed by atoms with van der Waals surface area (Å²) in [6.07, 6.45) is 0.235. The van der Waals surface area contributed by atoms with E-state index in [1.165, 1.54) is 13.1 Å². The average Bonchev–Trinajstić information content (AvgIpc) is 2.81. The maximum Gasteiger partial charge on any atom is 0.324 e. The minimum Gasteiger partial charge on any atom is -0.305 e. The molecule has 2 aliphatic heterocycles. The summed E-state index contributed by atoms with van der Waals surface area (Å²) in [6, 6.07) is 1.64. The SMILES string of the molecule is CCc1c(C#N)cc2c(c1F)NC(=O)N(C)[C@]21NC(=O)NC1=O. The Bertz CT molecular complexity index is 816. The summed E-state index contributed by atoms with van der Waals surface area (Å²) in [5.74, 6) is -1.59. The van der Waals surface area contributed by atoms with Gasteiger partial charge in [0.2, 0.25) is 5.66 Å². The molecular formula is C14H12FN5O3. The van der Waals surface area contributed by atoms with Crippen LogP contribution in [0.5, 0.6) is 0 Å². The van der Waals surface area contributed by atoms with Crippen LogP contribution in [0.25, 0.3) is 0 Å². The molecule has 3 rings (SSSR count). The molecule has 0 unspecified atom stereocenters. The molecule has 5 amide bonds. The van der Waals surface area contributed by atoms with Gasteiger partial charge in [0, 0.05) is 18.2 Å². The largest absolute Gasteiger partial charge is 0.324 e. The number of hydrogen-bond acceptors (Lipinski definition) is 4. The van der Waals surface area contributed by atoms with Crippen LogP contribution in [0.3, 0.4) is 0 Å². The van der Waals surface area contributed by atoms with Gasteiger partial charge < -0.3 is 10.6 Å². The fraction of sp³-hybridized carbons (Fsp3) is 0.286. The van der Waals surface area contributed by atoms with E-state index in [2.05, 4.69) is 10.6 Å². The van der Waals surface area contributed by atoms with Crippen LogP contribution in [0.1, 0.15) is 23.6 Å². The first-order chi connectivity index (χ1) is 10.9. The summed E-state index contributed by atoms with van der Waals surface area (Å²) in [4.78, 5) is 37.0. The number of hydrogen-bond donors (Lipinski definition) is 3. The summed E-state index contributed by atoms with van der Waals surface area (Å²) in [7, 11) is 1.29. The Morgan fingerprint density at radius 3 is 2.57 bits per heavy atom. The molecule has 0 radical (unpaired) electrons. The predicted octanol–water partition coefficient (Wildman–Crippen LogP) is 0.729. The molecule has 2 aliphatic rings. The highest BCUT2D eigenvalue weighted by Crippen LogP contribution is 2.41. The number of amides is 5. The molecule has 1 atom stereocenters. The molecular weight excluding hydrogens is 305 g/mol. The number of rotatable bonds is 1. The zero-order valence-electron chi connectivity index (χ0n) is 12.3. The Labute approximate surface area is 130 Å². The lowest BCUT2D eigenvalue weighted by molar-refractivity contribution is -0.129. The average molecular weight is 317 g/mol. The summed E-state index contributed by atoms with van der Waals surface area (Å²) in [5.41, 5.74) is -1.90. The zero-order chi connectivity index (χ0) is 16.9. The van der Waals surface area contributed by atoms with Gasteiger partial charge in [-0.25, -0.2) is 14.0 Å². The smallest absolute Gasteiger partial charge is 0.305 e. The van der Waals surface area contributed by atoms with Crippen LogP contribution < -0.4 is 16.0 Å². The highest BCUT2D eigenvalue weighted by atomic mass is 19.1. The second-order valence-corrected chi connectivity index (χ2v) is 5.21. The zero-order valence-corrected chi connectivity index (χ0v) is 12.3. The van der Waals surface area contributed by atoms with E-state index in [4.69, 9.17) is 0 Å². The number of carbonyl (C=O) groups excluding carboxylic acids is 3. The quantitative estimate of drug-likeness (QED) is 0.662. The number of fused-ring (bicyclic) bond motifs is 2. The minimum absolute atomic E-state index is 0.00852. The third kappa shape index (κ3) is 1.72. The molecule has 8 nitrogen and oxygen atoms in total. The van der Waals surface area contributed by atoms with Crippen molar-refractivity contribution in [2.45, 2.75) is 19.0 Å². The minimum atomic E-state index is -1.88. The number of likely N-dealkylation sites (N-methyl/N-ethyl adjacent to an activating group) is 1. The standard InChI is InChI=1S/C14H12FN5O3/c1-3-7-6(5-16)4-8-10(9(7)15)17-13(23)20(2)14(8)11(21)18-12(22)19-14/h4H,3H2,1-2H3,(H,17,23)(H2,18,19,21,22)/t14-/m1/s1. The highest BCUT2D eigenvalue weighted by Gasteiger charge is 2.57. The van der Waals surface area contributed by atoms with Crippen LogP contribution >= 0.6 is 0 Å². The van der Waals surface area contributed by atoms with Gasteiger partial charge in [-0.1, -0.05) is 6.92 Å². The molecule has 0 aromatic heterocycles. The number of nitrogens with zero attached hydrogens (tertiary/aromatic N) is 2. The summed E-state index contributed by atoms with van der Waals surface area (Å²) in [6.45, 7) is 1.67. The molecule has 1 spiro atoms. The number of urea groups is 2. The van der Waals surface area contributed by atoms with Crippen molar-refractivity contribution in [3.8, 4) is 6.07 Å². The number of imide groups is 1. The van der Waals surface area contributed by atoms with Crippen LogP contribution in [0.2, 0.25) is 0 Å². The first kappa shape index (κ1) is 14.8. The lowest BCUT2D eigenvalue weighted by Gasteiger charge is -2.41. The molecule has 0 saturated carbocycles. The van der Waals surface area contributed by atoms with Gasteiger partial charge in [-0.15, -0.1) is 0 Å². The van der Waals surface area contributed by atoms with E-state index in [1.54, 1.807) is 6.92 Å². The Morgan fingerprint density at radius 1 is 1.35 bits per heavy atom. The Kier molecular flexibility index (Phi) is 3.00. The summed E-state index contributed by atoms with van der Waals surface area (Å²) >= 11 is 0. The fourth-order valence-corrected chi connectivity index (χ4v) is 2.94. The monoisotopic (exact) mass is 317 g/mol. The van der Waals surface area contributed by atoms with Gasteiger partial charge in [0.25, 0.3) is 5.91 Å². The lowest BCUT2D eigenvalue weighted by Crippen LogP contribution is -2.62. The molecule has 23 heavy (non-hydrogen) atoms. The van der Waals surface area contributed by atoms with Gasteiger partial charge in [0.15, 0.2) is 5.82 Å². The van der Waals surface area contributed by atoms with Crippen molar-refractivity contribution in [1.29, 1.82) is 5.26 Å². The van der Waals surface area contributed by atoms with Gasteiger partial charge in [0.05, 0.1) is 17.3 Å². The van der Waals surface area contributed by atoms with Gasteiger partial charge >= 0.3 is 12.1 Å². The lowest BCUT2D eigenvalue weighted by atomic mass is 9.89. The number of carbonyl (C=O) groups is 3. The van der Waals surface area contributed by atoms with E-state index in [9.17, 15) is 24.0 Å². The molecule has 9 heteroatoms. The molecule has 118 valence electrons. The number of benzene rings is 1. The Morgan fingerprint density at radius 2 is 2.04 bits per heavy atom. The highest BCUT2D eigenvalue weighted by molar-refractivity contribution is 6.12. The molecule has 1 saturated heterocycles. The number of anilines is 1. The van der Waals surface area contributed by atoms with Crippen molar-refractivity contribution in [3.05, 3.63) is 28.6 Å². The normalized spacial score (nSPS) is 22.3. The van der Waals surface area contributed by atoms with Crippen molar-refractivity contribution < 1.29 is 18.8 Å². The predicted molar refractivity (Wildman–Crippen MR) is 75.6 cm³/mol. The van der Waals surface area contributed by atoms with E-state index in [0.29, 0.717) is 0 Å². The van der Waals surface area contributed by atoms with Crippen molar-refractivity contribution in [3.63, 3.8) is 0 Å². The van der Waals surface area contributed by atoms with Crippen molar-refractivity contribution in [1.82, 2.24) is 15.5 Å². The maximum absolute atomic E-state index is 14.7. The molecule has 3 N–H and O–H groups in total. The van der Waals surface area contributed by atoms with Crippen molar-refractivity contribution in [2.24, 2.45) is 0 Å². The van der Waals surface area contributed by atoms with E-state index < -0.39 is 29.4 Å². The number of nitrogens with one attached hydrogen (secondary N) is 3. The molecule has 0 bridgehead atoms. The first-order valence-corrected chi connectivity index (χ1v) is 6.81. The maximum atomic E-state index is 14.7. The molecule has 1 fully saturated rings. The van der Waals surface area contributed by atoms with Crippen LogP contribution in [-0.4, -0.2) is 29.9 Å². The van der Waals surface area contributed by atoms with Crippen LogP contribution in [0.4, 0.5) is 19.7 Å². The van der Waals surface area contributed by atoms with Crippen LogP contribution in [0.15, 0.2) is 6.07 Å². The molecule has 1 aromatic carbocycles. The third-order valence-electron chi connectivity index (χ3n) is 4.12. The molecule has 1 aromatic rings. The van der Waals surface area contributed by atoms with Crippen LogP contribution in [0, 0.1) is 17.1 Å². The summed E-state index contributed by atoms with van der Waals surface area (Å²) < 4.78 is 14.7. The van der Waals surface area contributed by atoms with E-state index in [1.807, 2.05) is 11.4 Å². The Hall–Kier alpha value is -3.15. The second kappa shape index (κ2) is 4.67. The molecule has 0 aliphatic carbocycles. The Balaban J connectivity index is 2.38. The van der Waals surface area contributed by atoms with Gasteiger partial charge in [-0.2, -0.15) is 5.26 Å². The fourth-order valence-electron chi connectivity index (χ4n) is 2.94. The van der Waals surface area contributed by atoms with Gasteiger partial charge in [0.1, 0.15) is 0 Å².